The molecular weight excluding hydrogens is 317 g/mol. The Morgan fingerprint density at radius 3 is 2.78 bits per heavy atom. The van der Waals surface area contributed by atoms with Gasteiger partial charge in [0.25, 0.3) is 0 Å². The molecule has 0 amide bonds. The summed E-state index contributed by atoms with van der Waals surface area (Å²) in [5.74, 6) is -0.636. The summed E-state index contributed by atoms with van der Waals surface area (Å²) in [4.78, 5) is 12.3. The molecular formula is C4H4O2Se3. The summed E-state index contributed by atoms with van der Waals surface area (Å²) in [6.45, 7) is 0. The van der Waals surface area contributed by atoms with Crippen molar-refractivity contribution in [1.29, 1.82) is 0 Å². The van der Waals surface area contributed by atoms with Crippen LogP contribution in [0.1, 0.15) is 0 Å². The quantitative estimate of drug-likeness (QED) is 0.651. The van der Waals surface area contributed by atoms with Crippen molar-refractivity contribution in [3.05, 3.63) is 11.1 Å². The van der Waals surface area contributed by atoms with Crippen molar-refractivity contribution in [3.63, 3.8) is 0 Å². The third-order valence-electron chi connectivity index (χ3n) is 0.735. The number of hydrogen-bond acceptors (Lipinski definition) is 1. The molecule has 1 aliphatic heterocycles. The fourth-order valence-electron chi connectivity index (χ4n) is 0.347. The Labute approximate surface area is 69.0 Å². The monoisotopic (exact) mass is 324 g/mol. The molecule has 9 heavy (non-hydrogen) atoms. The van der Waals surface area contributed by atoms with Crippen molar-refractivity contribution in [2.45, 2.75) is 4.82 Å². The normalized spacial score (nSPS) is 26.0. The van der Waals surface area contributed by atoms with Crippen LogP contribution in [0.25, 0.3) is 0 Å². The number of rotatable bonds is 1. The standard InChI is InChI=1S/C4H4O2Se3/c5-4(6)3-1-2-7-9-8-3/h1-3H,(H,5,6). The molecule has 1 unspecified atom stereocenters. The van der Waals surface area contributed by atoms with E-state index in [0.717, 1.165) is 0 Å². The molecule has 0 aliphatic carbocycles. The number of aliphatic carboxylic acids is 1. The molecule has 2 nitrogen and oxygen atoms in total. The Balaban J connectivity index is 2.50. The van der Waals surface area contributed by atoms with Gasteiger partial charge in [0, 0.05) is 0 Å². The second-order valence-corrected chi connectivity index (χ2v) is 17.5. The van der Waals surface area contributed by atoms with E-state index in [4.69, 9.17) is 5.11 Å². The van der Waals surface area contributed by atoms with Gasteiger partial charge in [0.1, 0.15) is 0 Å². The fraction of sp³-hybridized carbons (Fsp3) is 0.250. The van der Waals surface area contributed by atoms with Crippen LogP contribution >= 0.6 is 0 Å². The Hall–Kier alpha value is 0.768. The molecule has 1 heterocycles. The molecule has 0 spiro atoms. The number of carboxylic acids is 1. The number of carboxylic acid groups (broad SMARTS) is 1. The van der Waals surface area contributed by atoms with Crippen LogP contribution in [0.5, 0.6) is 0 Å². The molecule has 0 aromatic carbocycles. The Kier molecular flexibility index (Phi) is 3.34. The van der Waals surface area contributed by atoms with Crippen LogP contribution in [-0.2, 0) is 4.79 Å². The van der Waals surface area contributed by atoms with Crippen LogP contribution in [0.4, 0.5) is 0 Å². The van der Waals surface area contributed by atoms with Gasteiger partial charge in [-0.15, -0.1) is 0 Å². The first-order valence-electron chi connectivity index (χ1n) is 2.19. The van der Waals surface area contributed by atoms with Gasteiger partial charge in [0.05, 0.1) is 0 Å². The molecule has 0 fully saturated rings. The Morgan fingerprint density at radius 2 is 2.44 bits per heavy atom. The molecule has 5 heteroatoms. The van der Waals surface area contributed by atoms with Crippen molar-refractivity contribution >= 4 is 43.5 Å². The predicted molar refractivity (Wildman–Crippen MR) is 37.8 cm³/mol. The minimum atomic E-state index is -0.636. The third-order valence-corrected chi connectivity index (χ3v) is 16.9. The second-order valence-electron chi connectivity index (χ2n) is 1.35. The number of hydrogen-bond donors (Lipinski definition) is 1. The van der Waals surface area contributed by atoms with E-state index in [1.807, 2.05) is 6.08 Å². The van der Waals surface area contributed by atoms with Gasteiger partial charge < -0.3 is 0 Å². The van der Waals surface area contributed by atoms with Gasteiger partial charge in [-0.3, -0.25) is 0 Å². The second kappa shape index (κ2) is 3.82. The zero-order valence-electron chi connectivity index (χ0n) is 4.31. The van der Waals surface area contributed by atoms with Crippen LogP contribution in [0.15, 0.2) is 11.1 Å². The van der Waals surface area contributed by atoms with E-state index in [1.165, 1.54) is 0 Å². The molecule has 0 aromatic rings. The van der Waals surface area contributed by atoms with E-state index in [1.54, 1.807) is 0 Å². The SMILES string of the molecule is O=C(O)C1C=C[Se][Se][Se]1. The summed E-state index contributed by atoms with van der Waals surface area (Å²) in [5, 5.41) is 8.52. The molecule has 1 atom stereocenters. The van der Waals surface area contributed by atoms with Gasteiger partial charge in [-0.25, -0.2) is 0 Å². The van der Waals surface area contributed by atoms with Crippen LogP contribution in [0.2, 0.25) is 4.82 Å². The fourth-order valence-corrected chi connectivity index (χ4v) is 16.3. The van der Waals surface area contributed by atoms with E-state index < -0.39 is 5.97 Å². The first kappa shape index (κ1) is 7.87. The van der Waals surface area contributed by atoms with Gasteiger partial charge in [-0.05, 0) is 0 Å². The predicted octanol–water partition coefficient (Wildman–Crippen LogP) is -0.671. The Morgan fingerprint density at radius 1 is 1.67 bits per heavy atom. The van der Waals surface area contributed by atoms with E-state index in [9.17, 15) is 4.79 Å². The topological polar surface area (TPSA) is 37.3 Å². The molecule has 1 aliphatic rings. The first-order valence-corrected chi connectivity index (χ1v) is 12.8. The minimum absolute atomic E-state index is 0.104. The summed E-state index contributed by atoms with van der Waals surface area (Å²) in [5.41, 5.74) is 0. The van der Waals surface area contributed by atoms with E-state index in [2.05, 4.69) is 4.97 Å². The Bertz CT molecular complexity index is 145. The van der Waals surface area contributed by atoms with Crippen LogP contribution in [-0.4, -0.2) is 48.6 Å². The van der Waals surface area contributed by atoms with Gasteiger partial charge in [0.2, 0.25) is 0 Å². The van der Waals surface area contributed by atoms with Crippen molar-refractivity contribution in [1.82, 2.24) is 0 Å². The summed E-state index contributed by atoms with van der Waals surface area (Å²) in [6.07, 6.45) is 1.85. The maximum absolute atomic E-state index is 10.3. The van der Waals surface area contributed by atoms with Crippen molar-refractivity contribution in [3.8, 4) is 0 Å². The van der Waals surface area contributed by atoms with Crippen LogP contribution in [0, 0.1) is 0 Å². The summed E-state index contributed by atoms with van der Waals surface area (Å²) < 4.78 is 0. The molecule has 0 radical (unpaired) electrons. The average molecular weight is 321 g/mol. The van der Waals surface area contributed by atoms with E-state index in [-0.39, 0.29) is 4.82 Å². The summed E-state index contributed by atoms with van der Waals surface area (Å²) >= 11 is 1.73. The van der Waals surface area contributed by atoms with Gasteiger partial charge in [-0.2, -0.15) is 0 Å². The average Bonchev–Trinajstić information content (AvgIpc) is 1.90. The molecule has 0 saturated carbocycles. The van der Waals surface area contributed by atoms with Crippen molar-refractivity contribution < 1.29 is 9.90 Å². The molecule has 0 saturated heterocycles. The van der Waals surface area contributed by atoms with E-state index in [0.29, 0.717) is 37.6 Å². The third kappa shape index (κ3) is 2.46. The molecule has 0 bridgehead atoms. The first-order chi connectivity index (χ1) is 4.30. The molecule has 1 N–H and O–H groups in total. The van der Waals surface area contributed by atoms with Crippen molar-refractivity contribution in [2.24, 2.45) is 0 Å². The van der Waals surface area contributed by atoms with Crippen molar-refractivity contribution in [2.75, 3.05) is 0 Å². The van der Waals surface area contributed by atoms with Gasteiger partial charge in [0.15, 0.2) is 0 Å². The van der Waals surface area contributed by atoms with Crippen LogP contribution in [0.3, 0.4) is 0 Å². The molecule has 1 rings (SSSR count). The summed E-state index contributed by atoms with van der Waals surface area (Å²) in [7, 11) is 0. The van der Waals surface area contributed by atoms with Gasteiger partial charge in [-0.1, -0.05) is 0 Å². The zero-order valence-corrected chi connectivity index (χ0v) is 9.45. The molecule has 0 aromatic heterocycles. The number of carbonyl (C=O) groups is 1. The maximum atomic E-state index is 10.3. The molecule has 50 valence electrons. The van der Waals surface area contributed by atoms with Crippen LogP contribution < -0.4 is 0 Å². The van der Waals surface area contributed by atoms with Gasteiger partial charge >= 0.3 is 69.3 Å². The van der Waals surface area contributed by atoms with E-state index >= 15 is 0 Å². The zero-order chi connectivity index (χ0) is 6.69. The summed E-state index contributed by atoms with van der Waals surface area (Å²) in [6, 6.07) is 0.